The van der Waals surface area contributed by atoms with E-state index in [1.54, 1.807) is 24.0 Å². The number of rotatable bonds is 1. The van der Waals surface area contributed by atoms with Crippen molar-refractivity contribution in [3.8, 4) is 11.8 Å². The molecule has 1 aliphatic heterocycles. The van der Waals surface area contributed by atoms with E-state index in [4.69, 9.17) is 16.3 Å². The molecular weight excluding hydrogens is 338 g/mol. The summed E-state index contributed by atoms with van der Waals surface area (Å²) < 4.78 is 5.15. The first-order valence-electron chi connectivity index (χ1n) is 8.69. The first-order valence-corrected chi connectivity index (χ1v) is 9.07. The molecule has 3 rings (SSSR count). The van der Waals surface area contributed by atoms with Gasteiger partial charge < -0.3 is 9.84 Å². The summed E-state index contributed by atoms with van der Waals surface area (Å²) in [5, 5.41) is 11.8. The number of halogens is 1. The fourth-order valence-electron chi connectivity index (χ4n) is 3.56. The van der Waals surface area contributed by atoms with E-state index in [9.17, 15) is 9.90 Å². The van der Waals surface area contributed by atoms with E-state index in [1.807, 2.05) is 18.2 Å². The van der Waals surface area contributed by atoms with Gasteiger partial charge in [-0.25, -0.2) is 4.79 Å². The highest BCUT2D eigenvalue weighted by Gasteiger charge is 2.44. The molecule has 0 saturated carbocycles. The Bertz CT molecular complexity index is 749. The molecule has 2 unspecified atom stereocenters. The summed E-state index contributed by atoms with van der Waals surface area (Å²) in [5.74, 6) is 5.94. The lowest BCUT2D eigenvalue weighted by molar-refractivity contribution is 0.00850. The third kappa shape index (κ3) is 3.84. The fraction of sp³-hybridized carbons (Fsp3) is 0.450. The quantitative estimate of drug-likeness (QED) is 0.772. The predicted molar refractivity (Wildman–Crippen MR) is 97.0 cm³/mol. The van der Waals surface area contributed by atoms with Crippen LogP contribution < -0.4 is 0 Å². The zero-order valence-corrected chi connectivity index (χ0v) is 15.1. The van der Waals surface area contributed by atoms with Crippen LogP contribution in [-0.4, -0.2) is 34.9 Å². The number of piperidine rings is 1. The van der Waals surface area contributed by atoms with Crippen LogP contribution in [0.3, 0.4) is 0 Å². The topological polar surface area (TPSA) is 49.8 Å². The first-order chi connectivity index (χ1) is 12.0. The van der Waals surface area contributed by atoms with Crippen molar-refractivity contribution in [2.24, 2.45) is 5.92 Å². The average molecular weight is 360 g/mol. The van der Waals surface area contributed by atoms with Crippen LogP contribution in [0.15, 0.2) is 36.0 Å². The van der Waals surface area contributed by atoms with Gasteiger partial charge in [0.15, 0.2) is 0 Å². The largest absolute Gasteiger partial charge is 0.449 e. The molecule has 4 nitrogen and oxygen atoms in total. The Labute approximate surface area is 153 Å². The Hall–Kier alpha value is -1.96. The van der Waals surface area contributed by atoms with Crippen LogP contribution in [0.4, 0.5) is 4.79 Å². The maximum atomic E-state index is 12.2. The van der Waals surface area contributed by atoms with Crippen molar-refractivity contribution >= 4 is 17.7 Å². The molecule has 2 atom stereocenters. The van der Waals surface area contributed by atoms with E-state index in [-0.39, 0.29) is 12.0 Å². The van der Waals surface area contributed by atoms with Crippen molar-refractivity contribution < 1.29 is 14.6 Å². The van der Waals surface area contributed by atoms with Crippen LogP contribution >= 0.6 is 11.6 Å². The molecule has 1 aliphatic carbocycles. The Morgan fingerprint density at radius 2 is 2.36 bits per heavy atom. The van der Waals surface area contributed by atoms with Gasteiger partial charge in [0.1, 0.15) is 5.60 Å². The van der Waals surface area contributed by atoms with Crippen molar-refractivity contribution in [2.45, 2.75) is 38.2 Å². The lowest BCUT2D eigenvalue weighted by Gasteiger charge is -2.43. The Morgan fingerprint density at radius 3 is 3.12 bits per heavy atom. The lowest BCUT2D eigenvalue weighted by Crippen LogP contribution is -2.49. The summed E-state index contributed by atoms with van der Waals surface area (Å²) in [4.78, 5) is 13.9. The van der Waals surface area contributed by atoms with E-state index < -0.39 is 5.60 Å². The molecule has 1 aromatic rings. The highest BCUT2D eigenvalue weighted by atomic mass is 35.5. The smallest absolute Gasteiger partial charge is 0.414 e. The summed E-state index contributed by atoms with van der Waals surface area (Å²) in [5.41, 5.74) is 0.478. The molecular formula is C20H22ClNO3. The third-order valence-corrected chi connectivity index (χ3v) is 4.97. The molecule has 0 bridgehead atoms. The number of nitrogens with zero attached hydrogens (tertiary/aromatic N) is 1. The molecule has 1 fully saturated rings. The summed E-state index contributed by atoms with van der Waals surface area (Å²) in [6.45, 7) is 2.76. The van der Waals surface area contributed by atoms with E-state index in [1.165, 1.54) is 0 Å². The van der Waals surface area contributed by atoms with Gasteiger partial charge in [-0.3, -0.25) is 4.90 Å². The zero-order chi connectivity index (χ0) is 17.9. The summed E-state index contributed by atoms with van der Waals surface area (Å²) in [7, 11) is 0. The van der Waals surface area contributed by atoms with E-state index in [2.05, 4.69) is 11.8 Å². The minimum absolute atomic E-state index is 0.175. The van der Waals surface area contributed by atoms with Gasteiger partial charge in [-0.2, -0.15) is 0 Å². The molecule has 1 amide bonds. The van der Waals surface area contributed by atoms with Crippen molar-refractivity contribution in [1.82, 2.24) is 4.90 Å². The van der Waals surface area contributed by atoms with Crippen molar-refractivity contribution in [1.29, 1.82) is 0 Å². The SMILES string of the molecule is CCOC(=O)N1CCCC2C1=CCCC2(O)C#Cc1cccc(Cl)c1. The number of hydrogen-bond donors (Lipinski definition) is 1. The van der Waals surface area contributed by atoms with Gasteiger partial charge in [-0.15, -0.1) is 0 Å². The molecule has 1 N–H and O–H groups in total. The molecule has 0 spiro atoms. The van der Waals surface area contributed by atoms with E-state index >= 15 is 0 Å². The van der Waals surface area contributed by atoms with Gasteiger partial charge in [0.25, 0.3) is 0 Å². The molecule has 2 aliphatic rings. The summed E-state index contributed by atoms with van der Waals surface area (Å²) in [6.07, 6.45) is 4.57. The molecule has 25 heavy (non-hydrogen) atoms. The molecule has 1 heterocycles. The third-order valence-electron chi connectivity index (χ3n) is 4.73. The highest BCUT2D eigenvalue weighted by molar-refractivity contribution is 6.30. The first kappa shape index (κ1) is 17.8. The molecule has 0 aromatic heterocycles. The standard InChI is InChI=1S/C20H22ClNO3/c1-2-25-19(23)22-13-5-8-17-18(22)9-4-11-20(17,24)12-10-15-6-3-7-16(21)14-15/h3,6-7,9,14,17,24H,2,4-5,8,11,13H2,1H3. The highest BCUT2D eigenvalue weighted by Crippen LogP contribution is 2.41. The van der Waals surface area contributed by atoms with Crippen LogP contribution in [0, 0.1) is 17.8 Å². The molecule has 1 saturated heterocycles. The Kier molecular flexibility index (Phi) is 5.36. The molecule has 1 aromatic carbocycles. The summed E-state index contributed by atoms with van der Waals surface area (Å²) >= 11 is 6.00. The minimum atomic E-state index is -1.14. The number of likely N-dealkylation sites (tertiary alicyclic amines) is 1. The number of amides is 1. The van der Waals surface area contributed by atoms with Gasteiger partial charge in [-0.05, 0) is 50.8 Å². The van der Waals surface area contributed by atoms with Crippen LogP contribution in [0.25, 0.3) is 0 Å². The van der Waals surface area contributed by atoms with Gasteiger partial charge in [0.05, 0.1) is 6.61 Å². The van der Waals surface area contributed by atoms with Crippen molar-refractivity contribution in [3.63, 3.8) is 0 Å². The fourth-order valence-corrected chi connectivity index (χ4v) is 3.75. The van der Waals surface area contributed by atoms with E-state index in [0.29, 0.717) is 31.0 Å². The number of ether oxygens (including phenoxy) is 1. The van der Waals surface area contributed by atoms with Crippen molar-refractivity contribution in [3.05, 3.63) is 46.6 Å². The zero-order valence-electron chi connectivity index (χ0n) is 14.3. The van der Waals surface area contributed by atoms with Crippen LogP contribution in [0.1, 0.15) is 38.2 Å². The number of allylic oxidation sites excluding steroid dienone is 1. The van der Waals surface area contributed by atoms with Gasteiger partial charge >= 0.3 is 6.09 Å². The van der Waals surface area contributed by atoms with Gasteiger partial charge in [-0.1, -0.05) is 35.6 Å². The second-order valence-corrected chi connectivity index (χ2v) is 6.83. The monoisotopic (exact) mass is 359 g/mol. The Morgan fingerprint density at radius 1 is 1.52 bits per heavy atom. The maximum absolute atomic E-state index is 12.2. The maximum Gasteiger partial charge on any atom is 0.414 e. The van der Waals surface area contributed by atoms with Crippen molar-refractivity contribution in [2.75, 3.05) is 13.2 Å². The van der Waals surface area contributed by atoms with Gasteiger partial charge in [0.2, 0.25) is 0 Å². The van der Waals surface area contributed by atoms with E-state index in [0.717, 1.165) is 24.1 Å². The second-order valence-electron chi connectivity index (χ2n) is 6.40. The number of carbonyl (C=O) groups is 1. The molecule has 5 heteroatoms. The lowest BCUT2D eigenvalue weighted by atomic mass is 9.73. The number of hydrogen-bond acceptors (Lipinski definition) is 3. The average Bonchev–Trinajstić information content (AvgIpc) is 2.60. The number of fused-ring (bicyclic) bond motifs is 1. The second kappa shape index (κ2) is 7.51. The normalized spacial score (nSPS) is 25.3. The molecule has 0 radical (unpaired) electrons. The van der Waals surface area contributed by atoms with Gasteiger partial charge in [0, 0.05) is 28.7 Å². The van der Waals surface area contributed by atoms with Crippen LogP contribution in [-0.2, 0) is 4.74 Å². The summed E-state index contributed by atoms with van der Waals surface area (Å²) in [6, 6.07) is 7.28. The Balaban J connectivity index is 1.86. The van der Waals surface area contributed by atoms with Crippen LogP contribution in [0.2, 0.25) is 5.02 Å². The predicted octanol–water partition coefficient (Wildman–Crippen LogP) is 3.97. The minimum Gasteiger partial charge on any atom is -0.449 e. The number of benzene rings is 1. The van der Waals surface area contributed by atoms with Crippen LogP contribution in [0.5, 0.6) is 0 Å². The molecule has 132 valence electrons. The number of aliphatic hydroxyl groups is 1. The number of carbonyl (C=O) groups excluding carboxylic acids is 1.